The van der Waals surface area contributed by atoms with Gasteiger partial charge >= 0.3 is 6.61 Å². The molecule has 0 saturated carbocycles. The summed E-state index contributed by atoms with van der Waals surface area (Å²) < 4.78 is 55.9. The van der Waals surface area contributed by atoms with E-state index in [1.807, 2.05) is 0 Å². The molecule has 0 fully saturated rings. The Hall–Kier alpha value is -3.28. The maximum absolute atomic E-state index is 13.1. The average molecular weight is 508 g/mol. The van der Waals surface area contributed by atoms with Crippen molar-refractivity contribution < 1.29 is 31.8 Å². The third kappa shape index (κ3) is 6.24. The first-order valence-corrected chi connectivity index (χ1v) is 12.6. The summed E-state index contributed by atoms with van der Waals surface area (Å²) >= 11 is 0. The fourth-order valence-electron chi connectivity index (χ4n) is 3.73. The first kappa shape index (κ1) is 26.3. The van der Waals surface area contributed by atoms with Gasteiger partial charge in [-0.3, -0.25) is 4.79 Å². The summed E-state index contributed by atoms with van der Waals surface area (Å²) in [5.41, 5.74) is 8.07. The SMILES string of the molecule is Cc1c(C(=O)Nc2ccc(S(C)(=O)=O)cc2)cc(CC(C)O)n1-c1ccc(CN)cc1OC(F)F. The first-order valence-electron chi connectivity index (χ1n) is 10.7. The number of rotatable bonds is 9. The summed E-state index contributed by atoms with van der Waals surface area (Å²) in [6.07, 6.45) is 0.456. The van der Waals surface area contributed by atoms with E-state index in [1.54, 1.807) is 36.6 Å². The fraction of sp³-hybridized carbons (Fsp3) is 0.292. The lowest BCUT2D eigenvalue weighted by Gasteiger charge is -2.18. The van der Waals surface area contributed by atoms with E-state index in [9.17, 15) is 27.1 Å². The predicted octanol–water partition coefficient (Wildman–Crippen LogP) is 3.42. The van der Waals surface area contributed by atoms with Gasteiger partial charge in [-0.15, -0.1) is 0 Å². The maximum atomic E-state index is 13.1. The Labute approximate surface area is 202 Å². The van der Waals surface area contributed by atoms with E-state index in [-0.39, 0.29) is 34.9 Å². The van der Waals surface area contributed by atoms with E-state index >= 15 is 0 Å². The quantitative estimate of drug-likeness (QED) is 0.408. The molecule has 1 unspecified atom stereocenters. The molecule has 0 aliphatic carbocycles. The first-order chi connectivity index (χ1) is 16.4. The molecule has 3 aromatic rings. The number of carbonyl (C=O) groups is 1. The van der Waals surface area contributed by atoms with Crippen LogP contribution in [0, 0.1) is 6.92 Å². The van der Waals surface area contributed by atoms with Crippen LogP contribution in [-0.4, -0.2) is 43.0 Å². The molecular weight excluding hydrogens is 480 g/mol. The van der Waals surface area contributed by atoms with Gasteiger partial charge in [0.15, 0.2) is 9.84 Å². The number of hydrogen-bond donors (Lipinski definition) is 3. The van der Waals surface area contributed by atoms with Crippen molar-refractivity contribution >= 4 is 21.4 Å². The highest BCUT2D eigenvalue weighted by molar-refractivity contribution is 7.90. The largest absolute Gasteiger partial charge is 0.433 e. The Balaban J connectivity index is 2.05. The number of nitrogens with zero attached hydrogens (tertiary/aromatic N) is 1. The Bertz CT molecular complexity index is 1320. The molecule has 0 saturated heterocycles. The monoisotopic (exact) mass is 507 g/mol. The van der Waals surface area contributed by atoms with Crippen molar-refractivity contribution in [1.29, 1.82) is 0 Å². The van der Waals surface area contributed by atoms with Crippen LogP contribution in [0.3, 0.4) is 0 Å². The third-order valence-electron chi connectivity index (χ3n) is 5.33. The number of nitrogens with one attached hydrogen (secondary N) is 1. The van der Waals surface area contributed by atoms with Crippen LogP contribution in [0.25, 0.3) is 5.69 Å². The van der Waals surface area contributed by atoms with Crippen molar-refractivity contribution in [3.63, 3.8) is 0 Å². The second-order valence-electron chi connectivity index (χ2n) is 8.16. The van der Waals surface area contributed by atoms with Gasteiger partial charge in [-0.25, -0.2) is 8.42 Å². The van der Waals surface area contributed by atoms with E-state index < -0.39 is 28.5 Å². The number of carbonyl (C=O) groups excluding carboxylic acids is 1. The minimum atomic E-state index is -3.38. The highest BCUT2D eigenvalue weighted by Crippen LogP contribution is 2.32. The van der Waals surface area contributed by atoms with Crippen LogP contribution in [0.1, 0.15) is 34.2 Å². The summed E-state index contributed by atoms with van der Waals surface area (Å²) in [6.45, 7) is 0.271. The van der Waals surface area contributed by atoms with Crippen LogP contribution < -0.4 is 15.8 Å². The molecule has 35 heavy (non-hydrogen) atoms. The normalized spacial score (nSPS) is 12.6. The number of amides is 1. The Kier molecular flexibility index (Phi) is 7.93. The summed E-state index contributed by atoms with van der Waals surface area (Å²) in [5.74, 6) is -0.605. The standard InChI is InChI=1S/C24H27F2N3O5S/c1-14(30)10-18-12-20(23(31)28-17-5-7-19(8-6-17)35(3,32)33)15(2)29(18)21-9-4-16(13-27)11-22(21)34-24(25)26/h4-9,11-12,14,24,30H,10,13,27H2,1-3H3,(H,28,31). The Morgan fingerprint density at radius 1 is 1.17 bits per heavy atom. The predicted molar refractivity (Wildman–Crippen MR) is 128 cm³/mol. The molecule has 0 aliphatic rings. The number of halogens is 2. The molecule has 0 radical (unpaired) electrons. The molecule has 4 N–H and O–H groups in total. The zero-order valence-electron chi connectivity index (χ0n) is 19.5. The van der Waals surface area contributed by atoms with Gasteiger partial charge in [-0.05, 0) is 61.9 Å². The number of hydrogen-bond acceptors (Lipinski definition) is 6. The third-order valence-corrected chi connectivity index (χ3v) is 6.46. The lowest BCUT2D eigenvalue weighted by molar-refractivity contribution is -0.0499. The van der Waals surface area contributed by atoms with Gasteiger partial charge in [0.05, 0.1) is 22.3 Å². The van der Waals surface area contributed by atoms with Crippen LogP contribution in [0.2, 0.25) is 0 Å². The van der Waals surface area contributed by atoms with Gasteiger partial charge in [0.25, 0.3) is 5.91 Å². The lowest BCUT2D eigenvalue weighted by Crippen LogP contribution is -2.14. The number of benzene rings is 2. The number of aromatic nitrogens is 1. The van der Waals surface area contributed by atoms with Crippen LogP contribution in [0.15, 0.2) is 53.4 Å². The summed E-state index contributed by atoms with van der Waals surface area (Å²) in [7, 11) is -3.38. The van der Waals surface area contributed by atoms with Crippen LogP contribution in [-0.2, 0) is 22.8 Å². The number of anilines is 1. The molecule has 8 nitrogen and oxygen atoms in total. The molecule has 188 valence electrons. The average Bonchev–Trinajstić information content (AvgIpc) is 3.08. The van der Waals surface area contributed by atoms with E-state index in [4.69, 9.17) is 10.5 Å². The van der Waals surface area contributed by atoms with Gasteiger partial charge in [-0.1, -0.05) is 6.07 Å². The Morgan fingerprint density at radius 2 is 1.83 bits per heavy atom. The van der Waals surface area contributed by atoms with Crippen molar-refractivity contribution in [3.8, 4) is 11.4 Å². The van der Waals surface area contributed by atoms with Crippen LogP contribution >= 0.6 is 0 Å². The van der Waals surface area contributed by atoms with E-state index in [0.29, 0.717) is 22.6 Å². The summed E-state index contributed by atoms with van der Waals surface area (Å²) in [6, 6.07) is 11.9. The highest BCUT2D eigenvalue weighted by Gasteiger charge is 2.23. The topological polar surface area (TPSA) is 124 Å². The second kappa shape index (κ2) is 10.5. The molecule has 1 heterocycles. The number of nitrogens with two attached hydrogens (primary N) is 1. The molecule has 11 heteroatoms. The molecule has 1 aromatic heterocycles. The van der Waals surface area contributed by atoms with E-state index in [2.05, 4.69) is 5.32 Å². The van der Waals surface area contributed by atoms with Crippen molar-refractivity contribution in [2.75, 3.05) is 11.6 Å². The fourth-order valence-corrected chi connectivity index (χ4v) is 4.36. The zero-order chi connectivity index (χ0) is 25.9. The molecule has 1 amide bonds. The number of alkyl halides is 2. The van der Waals surface area contributed by atoms with Gasteiger partial charge in [0.1, 0.15) is 5.75 Å². The smallest absolute Gasteiger partial charge is 0.387 e. The molecule has 0 bridgehead atoms. The van der Waals surface area contributed by atoms with Gasteiger partial charge in [-0.2, -0.15) is 8.78 Å². The summed E-state index contributed by atoms with van der Waals surface area (Å²) in [5, 5.41) is 12.7. The minimum Gasteiger partial charge on any atom is -0.433 e. The number of aliphatic hydroxyl groups is 1. The molecule has 0 aliphatic heterocycles. The maximum Gasteiger partial charge on any atom is 0.387 e. The van der Waals surface area contributed by atoms with Crippen LogP contribution in [0.4, 0.5) is 14.5 Å². The number of ether oxygens (including phenoxy) is 1. The summed E-state index contributed by atoms with van der Waals surface area (Å²) in [4.78, 5) is 13.2. The van der Waals surface area contributed by atoms with E-state index in [1.165, 1.54) is 30.3 Å². The van der Waals surface area contributed by atoms with Gasteiger partial charge < -0.3 is 25.5 Å². The van der Waals surface area contributed by atoms with Crippen molar-refractivity contribution in [1.82, 2.24) is 4.57 Å². The van der Waals surface area contributed by atoms with Gasteiger partial charge in [0, 0.05) is 36.3 Å². The number of sulfone groups is 1. The minimum absolute atomic E-state index is 0.114. The van der Waals surface area contributed by atoms with E-state index in [0.717, 1.165) is 6.26 Å². The van der Waals surface area contributed by atoms with Crippen molar-refractivity contribution in [2.45, 2.75) is 44.4 Å². The molecule has 2 aromatic carbocycles. The van der Waals surface area contributed by atoms with Crippen molar-refractivity contribution in [2.24, 2.45) is 5.73 Å². The Morgan fingerprint density at radius 3 is 2.37 bits per heavy atom. The highest BCUT2D eigenvalue weighted by atomic mass is 32.2. The molecule has 0 spiro atoms. The number of aliphatic hydroxyl groups excluding tert-OH is 1. The molecule has 1 atom stereocenters. The van der Waals surface area contributed by atoms with Crippen molar-refractivity contribution in [3.05, 3.63) is 71.0 Å². The second-order valence-corrected chi connectivity index (χ2v) is 10.2. The van der Waals surface area contributed by atoms with Gasteiger partial charge in [0.2, 0.25) is 0 Å². The van der Waals surface area contributed by atoms with Crippen LogP contribution in [0.5, 0.6) is 5.75 Å². The molecule has 3 rings (SSSR count). The lowest BCUT2D eigenvalue weighted by atomic mass is 10.1. The zero-order valence-corrected chi connectivity index (χ0v) is 20.3. The molecular formula is C24H27F2N3O5S.